The molecule has 5 heteroatoms. The second-order valence-corrected chi connectivity index (χ2v) is 4.21. The highest BCUT2D eigenvalue weighted by molar-refractivity contribution is 5.89. The monoisotopic (exact) mass is 208 g/mol. The molecule has 1 saturated carbocycles. The minimum Gasteiger partial charge on any atom is -0.476 e. The van der Waals surface area contributed by atoms with Gasteiger partial charge in [-0.25, -0.2) is 9.78 Å². The fraction of sp³-hybridized carbons (Fsp3) is 0.500. The van der Waals surface area contributed by atoms with Crippen molar-refractivity contribution in [3.8, 4) is 0 Å². The Hall–Kier alpha value is -1.65. The number of carbonyl (C=O) groups excluding carboxylic acids is 1. The van der Waals surface area contributed by atoms with Gasteiger partial charge in [0.2, 0.25) is 0 Å². The Kier molecular flexibility index (Phi) is 1.92. The molecule has 2 rings (SSSR count). The lowest BCUT2D eigenvalue weighted by atomic mass is 10.0. The van der Waals surface area contributed by atoms with Crippen molar-refractivity contribution in [2.24, 2.45) is 7.05 Å². The molecule has 80 valence electrons. The molecule has 1 fully saturated rings. The molecule has 1 aliphatic carbocycles. The predicted octanol–water partition coefficient (Wildman–Crippen LogP) is 0.982. The number of aldehydes is 1. The predicted molar refractivity (Wildman–Crippen MR) is 52.1 cm³/mol. The number of carbonyl (C=O) groups is 2. The molecular weight excluding hydrogens is 196 g/mol. The summed E-state index contributed by atoms with van der Waals surface area (Å²) in [5.41, 5.74) is 0.563. The van der Waals surface area contributed by atoms with Crippen LogP contribution in [0.5, 0.6) is 0 Å². The molecule has 0 radical (unpaired) electrons. The van der Waals surface area contributed by atoms with Crippen molar-refractivity contribution in [2.75, 3.05) is 0 Å². The zero-order chi connectivity index (χ0) is 11.2. The molecular formula is C10H12N2O3. The molecule has 0 aliphatic heterocycles. The molecule has 1 heterocycles. The van der Waals surface area contributed by atoms with Crippen LogP contribution in [0.1, 0.15) is 46.6 Å². The smallest absolute Gasteiger partial charge is 0.356 e. The Bertz CT molecular complexity index is 444. The summed E-state index contributed by atoms with van der Waals surface area (Å²) >= 11 is 0. The highest BCUT2D eigenvalue weighted by Crippen LogP contribution is 2.48. The molecule has 0 bridgehead atoms. The number of hydrogen-bond acceptors (Lipinski definition) is 3. The molecule has 15 heavy (non-hydrogen) atoms. The van der Waals surface area contributed by atoms with Crippen LogP contribution >= 0.6 is 0 Å². The SMILES string of the molecule is Cn1c(C=O)nc(C(=O)O)c1C1(C)CC1. The van der Waals surface area contributed by atoms with Crippen LogP contribution in [0, 0.1) is 0 Å². The van der Waals surface area contributed by atoms with Gasteiger partial charge in [-0.15, -0.1) is 0 Å². The third kappa shape index (κ3) is 1.35. The van der Waals surface area contributed by atoms with Crippen molar-refractivity contribution >= 4 is 12.3 Å². The lowest BCUT2D eigenvalue weighted by molar-refractivity contribution is 0.0688. The van der Waals surface area contributed by atoms with Gasteiger partial charge in [-0.2, -0.15) is 0 Å². The highest BCUT2D eigenvalue weighted by Gasteiger charge is 2.45. The summed E-state index contributed by atoms with van der Waals surface area (Å²) in [6.07, 6.45) is 2.48. The van der Waals surface area contributed by atoms with Gasteiger partial charge in [0, 0.05) is 12.5 Å². The standard InChI is InChI=1S/C10H12N2O3/c1-10(3-4-10)8-7(9(14)15)11-6(5-13)12(8)2/h5H,3-4H2,1-2H3,(H,14,15). The number of rotatable bonds is 3. The van der Waals surface area contributed by atoms with Crippen LogP contribution in [0.3, 0.4) is 0 Å². The largest absolute Gasteiger partial charge is 0.476 e. The number of imidazole rings is 1. The van der Waals surface area contributed by atoms with Gasteiger partial charge in [-0.05, 0) is 12.8 Å². The van der Waals surface area contributed by atoms with Crippen LogP contribution in [0.15, 0.2) is 0 Å². The number of hydrogen-bond donors (Lipinski definition) is 1. The number of carboxylic acid groups (broad SMARTS) is 1. The Morgan fingerprint density at radius 3 is 2.60 bits per heavy atom. The van der Waals surface area contributed by atoms with Crippen LogP contribution in [0.4, 0.5) is 0 Å². The lowest BCUT2D eigenvalue weighted by Crippen LogP contribution is -2.13. The fourth-order valence-electron chi connectivity index (χ4n) is 1.89. The zero-order valence-corrected chi connectivity index (χ0v) is 8.65. The molecule has 1 N–H and O–H groups in total. The molecule has 1 aliphatic rings. The Morgan fingerprint density at radius 1 is 1.60 bits per heavy atom. The van der Waals surface area contributed by atoms with Gasteiger partial charge in [-0.1, -0.05) is 6.92 Å². The third-order valence-corrected chi connectivity index (χ3v) is 3.01. The van der Waals surface area contributed by atoms with E-state index in [2.05, 4.69) is 4.98 Å². The first-order chi connectivity index (χ1) is 6.99. The Labute approximate surface area is 86.7 Å². The number of aromatic nitrogens is 2. The van der Waals surface area contributed by atoms with E-state index in [9.17, 15) is 9.59 Å². The normalized spacial score (nSPS) is 17.5. The summed E-state index contributed by atoms with van der Waals surface area (Å²) in [5.74, 6) is -0.891. The van der Waals surface area contributed by atoms with Crippen molar-refractivity contribution in [1.82, 2.24) is 9.55 Å². The summed E-state index contributed by atoms with van der Waals surface area (Å²) in [7, 11) is 1.68. The van der Waals surface area contributed by atoms with Gasteiger partial charge in [0.05, 0.1) is 5.69 Å². The molecule has 5 nitrogen and oxygen atoms in total. The van der Waals surface area contributed by atoms with Gasteiger partial charge in [0.25, 0.3) is 0 Å². The van der Waals surface area contributed by atoms with E-state index in [1.165, 1.54) is 0 Å². The van der Waals surface area contributed by atoms with Crippen molar-refractivity contribution in [3.63, 3.8) is 0 Å². The first-order valence-corrected chi connectivity index (χ1v) is 4.75. The van der Waals surface area contributed by atoms with E-state index in [0.717, 1.165) is 12.8 Å². The molecule has 1 aromatic rings. The first-order valence-electron chi connectivity index (χ1n) is 4.75. The van der Waals surface area contributed by atoms with Crippen molar-refractivity contribution < 1.29 is 14.7 Å². The van der Waals surface area contributed by atoms with Crippen LogP contribution in [-0.4, -0.2) is 26.9 Å². The molecule has 0 spiro atoms. The van der Waals surface area contributed by atoms with E-state index >= 15 is 0 Å². The maximum Gasteiger partial charge on any atom is 0.356 e. The first kappa shape index (κ1) is 9.89. The average molecular weight is 208 g/mol. The van der Waals surface area contributed by atoms with E-state index in [0.29, 0.717) is 12.0 Å². The summed E-state index contributed by atoms with van der Waals surface area (Å²) in [4.78, 5) is 25.5. The van der Waals surface area contributed by atoms with Crippen molar-refractivity contribution in [1.29, 1.82) is 0 Å². The van der Waals surface area contributed by atoms with Crippen LogP contribution in [0.2, 0.25) is 0 Å². The van der Waals surface area contributed by atoms with Gasteiger partial charge in [-0.3, -0.25) is 4.79 Å². The van der Waals surface area contributed by atoms with Gasteiger partial charge >= 0.3 is 5.97 Å². The van der Waals surface area contributed by atoms with Crippen LogP contribution in [-0.2, 0) is 12.5 Å². The molecule has 0 saturated heterocycles. The Balaban J connectivity index is 2.63. The van der Waals surface area contributed by atoms with E-state index in [4.69, 9.17) is 5.11 Å². The summed E-state index contributed by atoms with van der Waals surface area (Å²) < 4.78 is 1.59. The van der Waals surface area contributed by atoms with Gasteiger partial charge in [0.15, 0.2) is 17.8 Å². The van der Waals surface area contributed by atoms with Crippen molar-refractivity contribution in [2.45, 2.75) is 25.2 Å². The van der Waals surface area contributed by atoms with Gasteiger partial charge in [0.1, 0.15) is 0 Å². The Morgan fingerprint density at radius 2 is 2.20 bits per heavy atom. The molecule has 0 aromatic carbocycles. The third-order valence-electron chi connectivity index (χ3n) is 3.01. The van der Waals surface area contributed by atoms with E-state index in [-0.39, 0.29) is 16.9 Å². The number of carboxylic acids is 1. The maximum atomic E-state index is 11.0. The average Bonchev–Trinajstić information content (AvgIpc) is 2.79. The highest BCUT2D eigenvalue weighted by atomic mass is 16.4. The fourth-order valence-corrected chi connectivity index (χ4v) is 1.89. The quantitative estimate of drug-likeness (QED) is 0.751. The van der Waals surface area contributed by atoms with Crippen LogP contribution in [0.25, 0.3) is 0 Å². The molecule has 0 atom stereocenters. The topological polar surface area (TPSA) is 72.2 Å². The lowest BCUT2D eigenvalue weighted by Gasteiger charge is -2.10. The van der Waals surface area contributed by atoms with E-state index in [1.54, 1.807) is 11.6 Å². The summed E-state index contributed by atoms with van der Waals surface area (Å²) in [6.45, 7) is 1.99. The maximum absolute atomic E-state index is 11.0. The second kappa shape index (κ2) is 2.92. The second-order valence-electron chi connectivity index (χ2n) is 4.21. The summed E-state index contributed by atoms with van der Waals surface area (Å²) in [6, 6.07) is 0. The number of aromatic carboxylic acids is 1. The van der Waals surface area contributed by atoms with Gasteiger partial charge < -0.3 is 9.67 Å². The van der Waals surface area contributed by atoms with Crippen molar-refractivity contribution in [3.05, 3.63) is 17.2 Å². The molecule has 1 aromatic heterocycles. The molecule has 0 unspecified atom stereocenters. The number of nitrogens with zero attached hydrogens (tertiary/aromatic N) is 2. The minimum atomic E-state index is -1.07. The van der Waals surface area contributed by atoms with E-state index in [1.807, 2.05) is 6.92 Å². The van der Waals surface area contributed by atoms with E-state index < -0.39 is 5.97 Å². The summed E-state index contributed by atoms with van der Waals surface area (Å²) in [5, 5.41) is 9.00. The van der Waals surface area contributed by atoms with Crippen LogP contribution < -0.4 is 0 Å². The zero-order valence-electron chi connectivity index (χ0n) is 8.65. The minimum absolute atomic E-state index is 0.0135. The molecule has 0 amide bonds.